The van der Waals surface area contributed by atoms with Crippen molar-refractivity contribution in [3.05, 3.63) is 70.2 Å². The maximum Gasteiger partial charge on any atom is 0.303 e. The summed E-state index contributed by atoms with van der Waals surface area (Å²) in [5, 5.41) is 11.6. The maximum absolute atomic E-state index is 11.4. The van der Waals surface area contributed by atoms with Gasteiger partial charge in [-0.3, -0.25) is 9.59 Å². The minimum Gasteiger partial charge on any atom is -0.481 e. The summed E-state index contributed by atoms with van der Waals surface area (Å²) in [7, 11) is 0. The first-order chi connectivity index (χ1) is 13.5. The van der Waals surface area contributed by atoms with Crippen molar-refractivity contribution >= 4 is 39.1 Å². The molecule has 5 heteroatoms. The minimum atomic E-state index is -0.830. The van der Waals surface area contributed by atoms with Crippen LogP contribution in [0.25, 0.3) is 21.9 Å². The Morgan fingerprint density at radius 2 is 1.71 bits per heavy atom. The number of carboxylic acid groups (broad SMARTS) is 1. The lowest BCUT2D eigenvalue weighted by atomic mass is 9.72. The van der Waals surface area contributed by atoms with E-state index in [1.165, 1.54) is 0 Å². The molecule has 142 valence electrons. The molecule has 0 amide bonds. The normalized spacial score (nSPS) is 17.2. The standard InChI is InChI=1S/C23H19BrO4/c24-17-5-6-20-19(13-17)18-11-15-3-1-2-4-16(15)12-21(18)23(20,8-7-22(26)27)9-10-28-14-25/h1-6,11-14H,7-10H2,(H,26,27). The molecule has 0 saturated carbocycles. The first-order valence-corrected chi connectivity index (χ1v) is 9.95. The van der Waals surface area contributed by atoms with Gasteiger partial charge in [0.1, 0.15) is 0 Å². The third-order valence-electron chi connectivity index (χ3n) is 5.67. The first-order valence-electron chi connectivity index (χ1n) is 9.16. The Morgan fingerprint density at radius 1 is 1.00 bits per heavy atom. The lowest BCUT2D eigenvalue weighted by Crippen LogP contribution is -2.28. The van der Waals surface area contributed by atoms with Crippen LogP contribution in [-0.4, -0.2) is 24.2 Å². The van der Waals surface area contributed by atoms with Crippen LogP contribution in [0.2, 0.25) is 0 Å². The Morgan fingerprint density at radius 3 is 2.43 bits per heavy atom. The molecule has 1 aliphatic carbocycles. The number of hydrogen-bond acceptors (Lipinski definition) is 3. The van der Waals surface area contributed by atoms with E-state index in [1.807, 2.05) is 18.2 Å². The van der Waals surface area contributed by atoms with Crippen LogP contribution in [0.15, 0.2) is 59.1 Å². The highest BCUT2D eigenvalue weighted by Crippen LogP contribution is 2.54. The highest BCUT2D eigenvalue weighted by molar-refractivity contribution is 9.10. The number of carbonyl (C=O) groups excluding carboxylic acids is 1. The molecule has 0 aromatic heterocycles. The van der Waals surface area contributed by atoms with Gasteiger partial charge in [-0.05, 0) is 70.1 Å². The molecule has 0 spiro atoms. The number of benzene rings is 3. The molecule has 0 bridgehead atoms. The predicted octanol–water partition coefficient (Wildman–Crippen LogP) is 5.30. The number of aliphatic carboxylic acids is 1. The fourth-order valence-electron chi connectivity index (χ4n) is 4.43. The quantitative estimate of drug-likeness (QED) is 0.401. The Labute approximate surface area is 171 Å². The van der Waals surface area contributed by atoms with E-state index in [0.717, 1.165) is 37.5 Å². The average Bonchev–Trinajstić information content (AvgIpc) is 2.94. The van der Waals surface area contributed by atoms with Crippen molar-refractivity contribution in [2.45, 2.75) is 24.7 Å². The van der Waals surface area contributed by atoms with Crippen LogP contribution in [0.5, 0.6) is 0 Å². The molecule has 0 saturated heterocycles. The fourth-order valence-corrected chi connectivity index (χ4v) is 4.79. The zero-order valence-electron chi connectivity index (χ0n) is 15.2. The van der Waals surface area contributed by atoms with Gasteiger partial charge in [0.2, 0.25) is 0 Å². The number of carbonyl (C=O) groups is 2. The molecule has 0 fully saturated rings. The van der Waals surface area contributed by atoms with Gasteiger partial charge in [0.05, 0.1) is 6.61 Å². The molecule has 0 aliphatic heterocycles. The zero-order chi connectivity index (χ0) is 19.7. The summed E-state index contributed by atoms with van der Waals surface area (Å²) in [6.07, 6.45) is 1.03. The van der Waals surface area contributed by atoms with Crippen molar-refractivity contribution in [1.29, 1.82) is 0 Å². The Bertz CT molecular complexity index is 1080. The second-order valence-corrected chi connectivity index (χ2v) is 8.04. The van der Waals surface area contributed by atoms with E-state index in [0.29, 0.717) is 19.3 Å². The molecular formula is C23H19BrO4. The van der Waals surface area contributed by atoms with Crippen LogP contribution in [-0.2, 0) is 19.7 Å². The predicted molar refractivity (Wildman–Crippen MR) is 111 cm³/mol. The number of ether oxygens (including phenoxy) is 1. The monoisotopic (exact) mass is 438 g/mol. The van der Waals surface area contributed by atoms with Gasteiger partial charge in [0.25, 0.3) is 6.47 Å². The van der Waals surface area contributed by atoms with E-state index < -0.39 is 11.4 Å². The molecule has 1 unspecified atom stereocenters. The molecule has 3 aromatic rings. The van der Waals surface area contributed by atoms with Crippen molar-refractivity contribution < 1.29 is 19.4 Å². The van der Waals surface area contributed by atoms with Crippen molar-refractivity contribution in [1.82, 2.24) is 0 Å². The average molecular weight is 439 g/mol. The van der Waals surface area contributed by atoms with Gasteiger partial charge in [-0.2, -0.15) is 0 Å². The number of halogens is 1. The fraction of sp³-hybridized carbons (Fsp3) is 0.217. The van der Waals surface area contributed by atoms with E-state index in [9.17, 15) is 14.7 Å². The lowest BCUT2D eigenvalue weighted by molar-refractivity contribution is -0.137. The molecule has 1 N–H and O–H groups in total. The summed E-state index contributed by atoms with van der Waals surface area (Å²) in [5.41, 5.74) is 3.92. The highest BCUT2D eigenvalue weighted by Gasteiger charge is 2.43. The van der Waals surface area contributed by atoms with Gasteiger partial charge in [-0.1, -0.05) is 46.3 Å². The molecule has 0 radical (unpaired) electrons. The van der Waals surface area contributed by atoms with Crippen molar-refractivity contribution in [3.8, 4) is 11.1 Å². The van der Waals surface area contributed by atoms with Crippen LogP contribution >= 0.6 is 15.9 Å². The van der Waals surface area contributed by atoms with Crippen molar-refractivity contribution in [2.24, 2.45) is 0 Å². The van der Waals surface area contributed by atoms with Gasteiger partial charge in [-0.25, -0.2) is 0 Å². The van der Waals surface area contributed by atoms with Gasteiger partial charge < -0.3 is 9.84 Å². The highest BCUT2D eigenvalue weighted by atomic mass is 79.9. The maximum atomic E-state index is 11.4. The van der Waals surface area contributed by atoms with E-state index in [2.05, 4.69) is 52.3 Å². The van der Waals surface area contributed by atoms with Gasteiger partial charge >= 0.3 is 5.97 Å². The molecule has 1 aliphatic rings. The first kappa shape index (κ1) is 18.7. The summed E-state index contributed by atoms with van der Waals surface area (Å²) in [5.74, 6) is -0.830. The van der Waals surface area contributed by atoms with Gasteiger partial charge in [0.15, 0.2) is 0 Å². The van der Waals surface area contributed by atoms with E-state index in [-0.39, 0.29) is 13.0 Å². The summed E-state index contributed by atoms with van der Waals surface area (Å²) < 4.78 is 6.01. The smallest absolute Gasteiger partial charge is 0.303 e. The molecular weight excluding hydrogens is 420 g/mol. The summed E-state index contributed by atoms with van der Waals surface area (Å²) in [4.78, 5) is 22.2. The summed E-state index contributed by atoms with van der Waals surface area (Å²) in [6.45, 7) is 0.689. The van der Waals surface area contributed by atoms with Crippen LogP contribution in [0.4, 0.5) is 0 Å². The third kappa shape index (κ3) is 3.10. The van der Waals surface area contributed by atoms with Crippen LogP contribution in [0.3, 0.4) is 0 Å². The van der Waals surface area contributed by atoms with Crippen LogP contribution in [0, 0.1) is 0 Å². The molecule has 0 heterocycles. The Hall–Kier alpha value is -2.66. The summed E-state index contributed by atoms with van der Waals surface area (Å²) >= 11 is 3.56. The topological polar surface area (TPSA) is 63.6 Å². The van der Waals surface area contributed by atoms with Crippen LogP contribution < -0.4 is 0 Å². The molecule has 28 heavy (non-hydrogen) atoms. The second-order valence-electron chi connectivity index (χ2n) is 7.13. The molecule has 4 rings (SSSR count). The molecule has 3 aromatic carbocycles. The Kier molecular flexibility index (Phi) is 4.94. The second kappa shape index (κ2) is 7.40. The summed E-state index contributed by atoms with van der Waals surface area (Å²) in [6, 6.07) is 18.7. The minimum absolute atomic E-state index is 0.0445. The lowest BCUT2D eigenvalue weighted by Gasteiger charge is -2.32. The third-order valence-corrected chi connectivity index (χ3v) is 6.16. The molecule has 1 atom stereocenters. The number of fused-ring (bicyclic) bond motifs is 4. The van der Waals surface area contributed by atoms with Gasteiger partial charge in [-0.15, -0.1) is 0 Å². The van der Waals surface area contributed by atoms with Crippen molar-refractivity contribution in [2.75, 3.05) is 6.61 Å². The zero-order valence-corrected chi connectivity index (χ0v) is 16.7. The number of carboxylic acids is 1. The number of hydrogen-bond donors (Lipinski definition) is 1. The SMILES string of the molecule is O=COCCC1(CCC(=O)O)c2ccc(Br)cc2-c2cc3ccccc3cc21. The van der Waals surface area contributed by atoms with E-state index in [1.54, 1.807) is 0 Å². The van der Waals surface area contributed by atoms with E-state index >= 15 is 0 Å². The molecule has 4 nitrogen and oxygen atoms in total. The Balaban J connectivity index is 1.97. The largest absolute Gasteiger partial charge is 0.481 e. The van der Waals surface area contributed by atoms with Crippen molar-refractivity contribution in [3.63, 3.8) is 0 Å². The van der Waals surface area contributed by atoms with E-state index in [4.69, 9.17) is 4.74 Å². The van der Waals surface area contributed by atoms with Crippen LogP contribution in [0.1, 0.15) is 30.4 Å². The number of rotatable bonds is 7. The van der Waals surface area contributed by atoms with Gasteiger partial charge in [0, 0.05) is 16.3 Å².